The minimum atomic E-state index is -0.221. The summed E-state index contributed by atoms with van der Waals surface area (Å²) in [6.45, 7) is 1.51. The third-order valence-electron chi connectivity index (χ3n) is 2.08. The Bertz CT molecular complexity index is 307. The molecule has 1 N–H and O–H groups in total. The zero-order valence-corrected chi connectivity index (χ0v) is 8.61. The molecule has 2 heterocycles. The minimum absolute atomic E-state index is 0.221. The number of nitrogens with zero attached hydrogens (tertiary/aromatic N) is 3. The molecule has 2 rings (SSSR count). The van der Waals surface area contributed by atoms with Gasteiger partial charge in [0, 0.05) is 13.1 Å². The molecule has 1 aliphatic heterocycles. The van der Waals surface area contributed by atoms with Gasteiger partial charge in [-0.05, 0) is 22.4 Å². The van der Waals surface area contributed by atoms with E-state index in [1.165, 1.54) is 0 Å². The summed E-state index contributed by atoms with van der Waals surface area (Å²) in [7, 11) is 0. The van der Waals surface area contributed by atoms with Crippen molar-refractivity contribution >= 4 is 21.7 Å². The smallest absolute Gasteiger partial charge is 0.148 e. The molecule has 0 spiro atoms. The Balaban J connectivity index is 2.16. The van der Waals surface area contributed by atoms with E-state index in [0.717, 1.165) is 23.4 Å². The van der Waals surface area contributed by atoms with Gasteiger partial charge >= 0.3 is 0 Å². The lowest BCUT2D eigenvalue weighted by Gasteiger charge is -2.15. The van der Waals surface area contributed by atoms with Crippen LogP contribution in [0, 0.1) is 0 Å². The van der Waals surface area contributed by atoms with Gasteiger partial charge in [-0.1, -0.05) is 0 Å². The van der Waals surface area contributed by atoms with Crippen molar-refractivity contribution in [2.45, 2.75) is 12.5 Å². The van der Waals surface area contributed by atoms with E-state index in [1.807, 2.05) is 4.90 Å². The summed E-state index contributed by atoms with van der Waals surface area (Å²) < 4.78 is 0.728. The minimum Gasteiger partial charge on any atom is -0.391 e. The van der Waals surface area contributed by atoms with Crippen LogP contribution in [-0.4, -0.2) is 34.3 Å². The Kier molecular flexibility index (Phi) is 2.46. The van der Waals surface area contributed by atoms with Gasteiger partial charge in [0.25, 0.3) is 0 Å². The van der Waals surface area contributed by atoms with E-state index in [1.54, 1.807) is 12.4 Å². The fourth-order valence-corrected chi connectivity index (χ4v) is 1.73. The lowest BCUT2D eigenvalue weighted by atomic mass is 10.3. The molecule has 0 radical (unpaired) electrons. The summed E-state index contributed by atoms with van der Waals surface area (Å²) in [5.41, 5.74) is 0. The molecule has 70 valence electrons. The first-order valence-electron chi connectivity index (χ1n) is 4.16. The molecule has 1 aromatic rings. The largest absolute Gasteiger partial charge is 0.391 e. The molecule has 1 fully saturated rings. The van der Waals surface area contributed by atoms with Crippen LogP contribution in [0.15, 0.2) is 17.0 Å². The predicted molar refractivity (Wildman–Crippen MR) is 52.6 cm³/mol. The molecule has 5 heteroatoms. The Labute approximate surface area is 84.7 Å². The number of β-amino-alcohol motifs (C(OH)–C–C–N with tert-alkyl or cyclic N) is 1. The summed E-state index contributed by atoms with van der Waals surface area (Å²) in [6.07, 6.45) is 3.95. The van der Waals surface area contributed by atoms with Gasteiger partial charge in [0.05, 0.1) is 18.5 Å². The highest BCUT2D eigenvalue weighted by Gasteiger charge is 2.21. The van der Waals surface area contributed by atoms with E-state index in [4.69, 9.17) is 0 Å². The molecule has 1 aromatic heterocycles. The second-order valence-corrected chi connectivity index (χ2v) is 3.90. The van der Waals surface area contributed by atoms with Crippen molar-refractivity contribution in [2.24, 2.45) is 0 Å². The molecular formula is C8H10BrN3O. The Morgan fingerprint density at radius 3 is 3.00 bits per heavy atom. The van der Waals surface area contributed by atoms with Gasteiger partial charge in [0.15, 0.2) is 0 Å². The van der Waals surface area contributed by atoms with Crippen LogP contribution in [0.5, 0.6) is 0 Å². The van der Waals surface area contributed by atoms with Gasteiger partial charge in [0.2, 0.25) is 0 Å². The van der Waals surface area contributed by atoms with Crippen LogP contribution in [0.1, 0.15) is 6.42 Å². The Morgan fingerprint density at radius 2 is 2.38 bits per heavy atom. The fourth-order valence-electron chi connectivity index (χ4n) is 1.43. The SMILES string of the molecule is OC1CCN(c2cncc(Br)n2)C1. The van der Waals surface area contributed by atoms with Crippen molar-refractivity contribution < 1.29 is 5.11 Å². The first kappa shape index (κ1) is 8.90. The maximum atomic E-state index is 9.33. The summed E-state index contributed by atoms with van der Waals surface area (Å²) in [6, 6.07) is 0. The molecule has 0 aromatic carbocycles. The summed E-state index contributed by atoms with van der Waals surface area (Å²) >= 11 is 3.26. The van der Waals surface area contributed by atoms with Crippen molar-refractivity contribution in [1.82, 2.24) is 9.97 Å². The quantitative estimate of drug-likeness (QED) is 0.794. The molecule has 0 aliphatic carbocycles. The molecule has 1 unspecified atom stereocenters. The molecular weight excluding hydrogens is 234 g/mol. The first-order chi connectivity index (χ1) is 6.25. The number of aromatic nitrogens is 2. The van der Waals surface area contributed by atoms with E-state index >= 15 is 0 Å². The standard InChI is InChI=1S/C8H10BrN3O/c9-7-3-10-4-8(11-7)12-2-1-6(13)5-12/h3-4,6,13H,1-2,5H2. The zero-order valence-electron chi connectivity index (χ0n) is 7.02. The van der Waals surface area contributed by atoms with Gasteiger partial charge in [0.1, 0.15) is 10.4 Å². The average molecular weight is 244 g/mol. The zero-order chi connectivity index (χ0) is 9.26. The Hall–Kier alpha value is -0.680. The number of anilines is 1. The van der Waals surface area contributed by atoms with Crippen LogP contribution in [0.3, 0.4) is 0 Å². The van der Waals surface area contributed by atoms with Crippen LogP contribution in [0.4, 0.5) is 5.82 Å². The fraction of sp³-hybridized carbons (Fsp3) is 0.500. The van der Waals surface area contributed by atoms with Gasteiger partial charge in [-0.25, -0.2) is 4.98 Å². The highest BCUT2D eigenvalue weighted by Crippen LogP contribution is 2.18. The average Bonchev–Trinajstić information content (AvgIpc) is 2.52. The maximum absolute atomic E-state index is 9.33. The lowest BCUT2D eigenvalue weighted by Crippen LogP contribution is -2.22. The first-order valence-corrected chi connectivity index (χ1v) is 4.95. The predicted octanol–water partition coefficient (Wildman–Crippen LogP) is 0.810. The van der Waals surface area contributed by atoms with E-state index < -0.39 is 0 Å². The van der Waals surface area contributed by atoms with E-state index in [-0.39, 0.29) is 6.10 Å². The monoisotopic (exact) mass is 243 g/mol. The van der Waals surface area contributed by atoms with E-state index in [2.05, 4.69) is 25.9 Å². The van der Waals surface area contributed by atoms with E-state index in [9.17, 15) is 5.11 Å². The highest BCUT2D eigenvalue weighted by atomic mass is 79.9. The lowest BCUT2D eigenvalue weighted by molar-refractivity contribution is 0.198. The molecule has 1 aliphatic rings. The number of hydrogen-bond acceptors (Lipinski definition) is 4. The van der Waals surface area contributed by atoms with Gasteiger partial charge in [-0.3, -0.25) is 4.98 Å². The number of halogens is 1. The molecule has 0 bridgehead atoms. The number of aliphatic hydroxyl groups is 1. The van der Waals surface area contributed by atoms with Crippen LogP contribution in [0.25, 0.3) is 0 Å². The molecule has 1 saturated heterocycles. The van der Waals surface area contributed by atoms with Crippen molar-refractivity contribution in [3.8, 4) is 0 Å². The molecule has 13 heavy (non-hydrogen) atoms. The van der Waals surface area contributed by atoms with Gasteiger partial charge in [-0.2, -0.15) is 0 Å². The topological polar surface area (TPSA) is 49.2 Å². The molecule has 0 amide bonds. The second kappa shape index (κ2) is 3.59. The van der Waals surface area contributed by atoms with Crippen LogP contribution < -0.4 is 4.90 Å². The van der Waals surface area contributed by atoms with Crippen molar-refractivity contribution in [3.05, 3.63) is 17.0 Å². The third kappa shape index (κ3) is 1.97. The molecule has 1 atom stereocenters. The van der Waals surface area contributed by atoms with Gasteiger partial charge < -0.3 is 10.0 Å². The van der Waals surface area contributed by atoms with Crippen molar-refractivity contribution in [1.29, 1.82) is 0 Å². The van der Waals surface area contributed by atoms with Crippen LogP contribution in [0.2, 0.25) is 0 Å². The number of rotatable bonds is 1. The van der Waals surface area contributed by atoms with E-state index in [0.29, 0.717) is 6.54 Å². The normalized spacial score (nSPS) is 22.3. The highest BCUT2D eigenvalue weighted by molar-refractivity contribution is 9.10. The summed E-state index contributed by atoms with van der Waals surface area (Å²) in [4.78, 5) is 10.3. The molecule has 4 nitrogen and oxygen atoms in total. The number of hydrogen-bond donors (Lipinski definition) is 1. The van der Waals surface area contributed by atoms with Crippen LogP contribution in [-0.2, 0) is 0 Å². The molecule has 0 saturated carbocycles. The van der Waals surface area contributed by atoms with Crippen molar-refractivity contribution in [3.63, 3.8) is 0 Å². The Morgan fingerprint density at radius 1 is 1.54 bits per heavy atom. The van der Waals surface area contributed by atoms with Crippen LogP contribution >= 0.6 is 15.9 Å². The van der Waals surface area contributed by atoms with Gasteiger partial charge in [-0.15, -0.1) is 0 Å². The second-order valence-electron chi connectivity index (χ2n) is 3.09. The number of aliphatic hydroxyl groups excluding tert-OH is 1. The maximum Gasteiger partial charge on any atom is 0.148 e. The summed E-state index contributed by atoms with van der Waals surface area (Å²) in [5.74, 6) is 0.825. The van der Waals surface area contributed by atoms with Crippen molar-refractivity contribution in [2.75, 3.05) is 18.0 Å². The summed E-state index contributed by atoms with van der Waals surface area (Å²) in [5, 5.41) is 9.33. The third-order valence-corrected chi connectivity index (χ3v) is 2.46.